The smallest absolute Gasteiger partial charge is 0.279 e. The van der Waals surface area contributed by atoms with Crippen molar-refractivity contribution >= 4 is 23.2 Å². The molecule has 24 heavy (non-hydrogen) atoms. The lowest BCUT2D eigenvalue weighted by atomic mass is 10.3. The zero-order chi connectivity index (χ0) is 17.5. The number of nitro groups is 1. The fourth-order valence-corrected chi connectivity index (χ4v) is 2.39. The van der Waals surface area contributed by atoms with Crippen LogP contribution in [-0.4, -0.2) is 68.1 Å². The molecule has 1 aromatic carbocycles. The lowest BCUT2D eigenvalue weighted by Crippen LogP contribution is -3.11. The Morgan fingerprint density at radius 3 is 2.46 bits per heavy atom. The number of anilines is 1. The van der Waals surface area contributed by atoms with E-state index in [0.717, 1.165) is 4.90 Å². The number of carbonyl (C=O) groups excluding carboxylic acids is 2. The van der Waals surface area contributed by atoms with Crippen LogP contribution < -0.4 is 10.2 Å². The number of ether oxygens (including phenoxy) is 1. The molecule has 1 unspecified atom stereocenters. The number of nitro benzene ring substituents is 1. The molecular formula is C15H21N4O5+. The average molecular weight is 337 g/mol. The van der Waals surface area contributed by atoms with Gasteiger partial charge in [-0.05, 0) is 12.1 Å². The summed E-state index contributed by atoms with van der Waals surface area (Å²) in [5.74, 6) is -0.255. The summed E-state index contributed by atoms with van der Waals surface area (Å²) >= 11 is 0. The summed E-state index contributed by atoms with van der Waals surface area (Å²) < 4.78 is 5.20. The third-order valence-corrected chi connectivity index (χ3v) is 3.64. The molecule has 9 nitrogen and oxygen atoms in total. The van der Waals surface area contributed by atoms with E-state index in [2.05, 4.69) is 5.32 Å². The topological polar surface area (TPSA) is 106 Å². The average Bonchev–Trinajstić information content (AvgIpc) is 2.55. The highest BCUT2D eigenvalue weighted by Gasteiger charge is 2.21. The first kappa shape index (κ1) is 17.8. The van der Waals surface area contributed by atoms with Crippen molar-refractivity contribution < 1.29 is 24.1 Å². The minimum absolute atomic E-state index is 0.000985. The van der Waals surface area contributed by atoms with Crippen LogP contribution in [0.5, 0.6) is 0 Å². The zero-order valence-electron chi connectivity index (χ0n) is 13.5. The molecule has 1 aliphatic rings. The highest BCUT2D eigenvalue weighted by Crippen LogP contribution is 2.14. The minimum Gasteiger partial charge on any atom is -0.378 e. The van der Waals surface area contributed by atoms with Gasteiger partial charge < -0.3 is 19.9 Å². The van der Waals surface area contributed by atoms with E-state index in [9.17, 15) is 19.7 Å². The molecule has 2 N–H and O–H groups in total. The number of hydrogen-bond donors (Lipinski definition) is 2. The molecule has 1 atom stereocenters. The van der Waals surface area contributed by atoms with Gasteiger partial charge in [0.15, 0.2) is 13.1 Å². The van der Waals surface area contributed by atoms with Crippen LogP contribution in [0.2, 0.25) is 0 Å². The second-order valence-corrected chi connectivity index (χ2v) is 5.66. The normalized spacial score (nSPS) is 15.6. The Labute approximate surface area is 139 Å². The molecule has 1 aromatic rings. The van der Waals surface area contributed by atoms with Gasteiger partial charge in [-0.25, -0.2) is 0 Å². The molecule has 0 aromatic heterocycles. The standard InChI is InChI=1S/C15H20N4O5/c1-17(11-15(21)18-6-8-24-9-7-18)10-14(20)16-12-2-4-13(5-3-12)19(22)23/h2-5H,6-11H2,1H3,(H,16,20)/p+1. The Morgan fingerprint density at radius 1 is 1.25 bits per heavy atom. The molecule has 1 saturated heterocycles. The van der Waals surface area contributed by atoms with E-state index < -0.39 is 4.92 Å². The molecule has 1 heterocycles. The molecule has 130 valence electrons. The van der Waals surface area contributed by atoms with Gasteiger partial charge in [-0.15, -0.1) is 0 Å². The van der Waals surface area contributed by atoms with Gasteiger partial charge in [-0.2, -0.15) is 0 Å². The van der Waals surface area contributed by atoms with E-state index in [1.165, 1.54) is 24.3 Å². The number of quaternary nitrogens is 1. The predicted octanol–water partition coefficient (Wildman–Crippen LogP) is -1.09. The van der Waals surface area contributed by atoms with Crippen LogP contribution in [0.1, 0.15) is 0 Å². The molecule has 0 bridgehead atoms. The SMILES string of the molecule is C[NH+](CC(=O)Nc1ccc([N+](=O)[O-])cc1)CC(=O)N1CCOCC1. The number of benzene rings is 1. The van der Waals surface area contributed by atoms with Gasteiger partial charge >= 0.3 is 0 Å². The van der Waals surface area contributed by atoms with E-state index in [4.69, 9.17) is 4.74 Å². The van der Waals surface area contributed by atoms with Crippen LogP contribution in [0.15, 0.2) is 24.3 Å². The number of carbonyl (C=O) groups is 2. The number of non-ortho nitro benzene ring substituents is 1. The molecule has 1 aliphatic heterocycles. The predicted molar refractivity (Wildman–Crippen MR) is 85.7 cm³/mol. The second kappa shape index (κ2) is 8.37. The van der Waals surface area contributed by atoms with Crippen molar-refractivity contribution in [3.05, 3.63) is 34.4 Å². The summed E-state index contributed by atoms with van der Waals surface area (Å²) in [6.07, 6.45) is 0. The van der Waals surface area contributed by atoms with Gasteiger partial charge in [0.2, 0.25) is 0 Å². The first-order valence-electron chi connectivity index (χ1n) is 7.67. The van der Waals surface area contributed by atoms with Crippen molar-refractivity contribution in [2.45, 2.75) is 0 Å². The molecule has 0 saturated carbocycles. The summed E-state index contributed by atoms with van der Waals surface area (Å²) in [6, 6.07) is 5.61. The number of rotatable bonds is 6. The van der Waals surface area contributed by atoms with E-state index in [1.807, 2.05) is 0 Å². The third kappa shape index (κ3) is 5.28. The number of nitrogens with one attached hydrogen (secondary N) is 2. The minimum atomic E-state index is -0.499. The lowest BCUT2D eigenvalue weighted by Gasteiger charge is -2.27. The number of likely N-dealkylation sites (N-methyl/N-ethyl adjacent to an activating group) is 1. The van der Waals surface area contributed by atoms with Gasteiger partial charge in [-0.3, -0.25) is 19.7 Å². The van der Waals surface area contributed by atoms with E-state index in [1.54, 1.807) is 11.9 Å². The molecule has 0 aliphatic carbocycles. The third-order valence-electron chi connectivity index (χ3n) is 3.64. The molecule has 0 spiro atoms. The summed E-state index contributed by atoms with van der Waals surface area (Å²) in [5.41, 5.74) is 0.449. The van der Waals surface area contributed by atoms with E-state index >= 15 is 0 Å². The maximum Gasteiger partial charge on any atom is 0.279 e. The van der Waals surface area contributed by atoms with Crippen molar-refractivity contribution in [3.8, 4) is 0 Å². The summed E-state index contributed by atoms with van der Waals surface area (Å²) in [6.45, 7) is 2.62. The Kier molecular flexibility index (Phi) is 6.21. The van der Waals surface area contributed by atoms with Crippen LogP contribution >= 0.6 is 0 Å². The highest BCUT2D eigenvalue weighted by molar-refractivity contribution is 5.91. The molecule has 2 rings (SSSR count). The van der Waals surface area contributed by atoms with Crippen molar-refractivity contribution in [2.75, 3.05) is 51.8 Å². The molecule has 2 amide bonds. The molecular weight excluding hydrogens is 316 g/mol. The van der Waals surface area contributed by atoms with Crippen molar-refractivity contribution in [1.29, 1.82) is 0 Å². The molecule has 0 radical (unpaired) electrons. The van der Waals surface area contributed by atoms with Crippen LogP contribution in [0, 0.1) is 10.1 Å². The molecule has 1 fully saturated rings. The Morgan fingerprint density at radius 2 is 1.88 bits per heavy atom. The monoisotopic (exact) mass is 337 g/mol. The summed E-state index contributed by atoms with van der Waals surface area (Å²) in [5, 5.41) is 13.2. The maximum absolute atomic E-state index is 12.1. The molecule has 9 heteroatoms. The summed E-state index contributed by atoms with van der Waals surface area (Å²) in [4.78, 5) is 36.7. The number of morpholine rings is 1. The van der Waals surface area contributed by atoms with Crippen molar-refractivity contribution in [2.24, 2.45) is 0 Å². The van der Waals surface area contributed by atoms with Crippen LogP contribution in [0.25, 0.3) is 0 Å². The second-order valence-electron chi connectivity index (χ2n) is 5.66. The fourth-order valence-electron chi connectivity index (χ4n) is 2.39. The number of hydrogen-bond acceptors (Lipinski definition) is 5. The van der Waals surface area contributed by atoms with Gasteiger partial charge in [0, 0.05) is 30.9 Å². The first-order valence-corrected chi connectivity index (χ1v) is 7.67. The van der Waals surface area contributed by atoms with E-state index in [-0.39, 0.29) is 30.6 Å². The fraction of sp³-hybridized carbons (Fsp3) is 0.467. The first-order chi connectivity index (χ1) is 11.5. The number of amides is 2. The van der Waals surface area contributed by atoms with Crippen LogP contribution in [0.4, 0.5) is 11.4 Å². The Bertz CT molecular complexity index is 598. The maximum atomic E-state index is 12.1. The number of nitrogens with zero attached hydrogens (tertiary/aromatic N) is 2. The van der Waals surface area contributed by atoms with Crippen LogP contribution in [0.3, 0.4) is 0 Å². The quantitative estimate of drug-likeness (QED) is 0.507. The highest BCUT2D eigenvalue weighted by atomic mass is 16.6. The van der Waals surface area contributed by atoms with Gasteiger partial charge in [-0.1, -0.05) is 0 Å². The zero-order valence-corrected chi connectivity index (χ0v) is 13.5. The van der Waals surface area contributed by atoms with Crippen molar-refractivity contribution in [3.63, 3.8) is 0 Å². The van der Waals surface area contributed by atoms with Gasteiger partial charge in [0.25, 0.3) is 17.5 Å². The lowest BCUT2D eigenvalue weighted by molar-refractivity contribution is -0.862. The van der Waals surface area contributed by atoms with Crippen molar-refractivity contribution in [1.82, 2.24) is 4.90 Å². The Balaban J connectivity index is 1.78. The van der Waals surface area contributed by atoms with Crippen LogP contribution in [-0.2, 0) is 14.3 Å². The largest absolute Gasteiger partial charge is 0.378 e. The Hall–Kier alpha value is -2.52. The van der Waals surface area contributed by atoms with Gasteiger partial charge in [0.05, 0.1) is 25.2 Å². The van der Waals surface area contributed by atoms with E-state index in [0.29, 0.717) is 32.0 Å². The van der Waals surface area contributed by atoms with Gasteiger partial charge in [0.1, 0.15) is 0 Å². The summed E-state index contributed by atoms with van der Waals surface area (Å²) in [7, 11) is 1.77.